The predicted octanol–water partition coefficient (Wildman–Crippen LogP) is 1.71. The van der Waals surface area contributed by atoms with Gasteiger partial charge in [0.25, 0.3) is 0 Å². The SMILES string of the molecule is Cc1cc(C)c(NC(=O)CN(C)CC(=O)NCC(C)(C)N2CCOCC2)c(C)c1. The Hall–Kier alpha value is -1.96. The van der Waals surface area contributed by atoms with Crippen molar-refractivity contribution in [3.63, 3.8) is 0 Å². The van der Waals surface area contributed by atoms with E-state index in [4.69, 9.17) is 4.74 Å². The Kier molecular flexibility index (Phi) is 8.19. The van der Waals surface area contributed by atoms with Crippen LogP contribution in [0.4, 0.5) is 5.69 Å². The highest BCUT2D eigenvalue weighted by molar-refractivity contribution is 5.94. The summed E-state index contributed by atoms with van der Waals surface area (Å²) in [6, 6.07) is 4.10. The van der Waals surface area contributed by atoms with E-state index in [0.717, 1.165) is 43.1 Å². The number of carbonyl (C=O) groups excluding carboxylic acids is 2. The number of amides is 2. The van der Waals surface area contributed by atoms with Crippen LogP contribution in [0.15, 0.2) is 12.1 Å². The lowest BCUT2D eigenvalue weighted by molar-refractivity contribution is -0.123. The van der Waals surface area contributed by atoms with E-state index < -0.39 is 0 Å². The molecule has 0 radical (unpaired) electrons. The summed E-state index contributed by atoms with van der Waals surface area (Å²) in [6.07, 6.45) is 0. The molecule has 2 N–H and O–H groups in total. The summed E-state index contributed by atoms with van der Waals surface area (Å²) in [5.74, 6) is -0.201. The number of ether oxygens (including phenoxy) is 1. The highest BCUT2D eigenvalue weighted by atomic mass is 16.5. The second-order valence-electron chi connectivity index (χ2n) is 8.68. The van der Waals surface area contributed by atoms with Crippen molar-refractivity contribution in [1.82, 2.24) is 15.1 Å². The molecule has 2 amide bonds. The van der Waals surface area contributed by atoms with Crippen LogP contribution in [0.1, 0.15) is 30.5 Å². The number of hydrogen-bond donors (Lipinski definition) is 2. The van der Waals surface area contributed by atoms with Crippen LogP contribution in [0.25, 0.3) is 0 Å². The van der Waals surface area contributed by atoms with Crippen molar-refractivity contribution >= 4 is 17.5 Å². The van der Waals surface area contributed by atoms with Crippen LogP contribution in [-0.4, -0.2) is 80.1 Å². The van der Waals surface area contributed by atoms with Crippen molar-refractivity contribution in [3.8, 4) is 0 Å². The van der Waals surface area contributed by atoms with E-state index in [0.29, 0.717) is 6.54 Å². The molecular formula is C22H36N4O3. The van der Waals surface area contributed by atoms with E-state index in [1.165, 1.54) is 5.56 Å². The monoisotopic (exact) mass is 404 g/mol. The number of nitrogens with zero attached hydrogens (tertiary/aromatic N) is 2. The van der Waals surface area contributed by atoms with Gasteiger partial charge in [0.1, 0.15) is 0 Å². The van der Waals surface area contributed by atoms with Gasteiger partial charge in [0.05, 0.1) is 26.3 Å². The second-order valence-corrected chi connectivity index (χ2v) is 8.68. The number of hydrogen-bond acceptors (Lipinski definition) is 5. The van der Waals surface area contributed by atoms with Gasteiger partial charge in [0.2, 0.25) is 11.8 Å². The van der Waals surface area contributed by atoms with Gasteiger partial charge in [0, 0.05) is 30.9 Å². The molecule has 1 fully saturated rings. The molecule has 1 aromatic rings. The Morgan fingerprint density at radius 3 is 2.21 bits per heavy atom. The van der Waals surface area contributed by atoms with Crippen molar-refractivity contribution in [1.29, 1.82) is 0 Å². The summed E-state index contributed by atoms with van der Waals surface area (Å²) in [6.45, 7) is 14.4. The van der Waals surface area contributed by atoms with Crippen molar-refractivity contribution in [2.75, 3.05) is 58.3 Å². The lowest BCUT2D eigenvalue weighted by Crippen LogP contribution is -2.56. The van der Waals surface area contributed by atoms with Crippen LogP contribution in [-0.2, 0) is 14.3 Å². The first-order chi connectivity index (χ1) is 13.6. The number of anilines is 1. The Morgan fingerprint density at radius 2 is 1.62 bits per heavy atom. The third-order valence-corrected chi connectivity index (χ3v) is 5.35. The standard InChI is InChI=1S/C22H36N4O3/c1-16-11-17(2)21(18(3)12-16)24-20(28)14-25(6)13-19(27)23-15-22(4,5)26-7-9-29-10-8-26/h11-12H,7-10,13-15H2,1-6H3,(H,23,27)(H,24,28). The molecule has 1 heterocycles. The van der Waals surface area contributed by atoms with Gasteiger partial charge in [-0.05, 0) is 52.8 Å². The largest absolute Gasteiger partial charge is 0.379 e. The molecule has 0 aromatic heterocycles. The van der Waals surface area contributed by atoms with Gasteiger partial charge < -0.3 is 15.4 Å². The molecule has 162 valence electrons. The Balaban J connectivity index is 1.78. The van der Waals surface area contributed by atoms with Crippen LogP contribution >= 0.6 is 0 Å². The molecule has 1 aliphatic rings. The van der Waals surface area contributed by atoms with E-state index in [1.54, 1.807) is 11.9 Å². The molecule has 1 saturated heterocycles. The summed E-state index contributed by atoms with van der Waals surface area (Å²) in [4.78, 5) is 28.8. The first kappa shape index (κ1) is 23.3. The van der Waals surface area contributed by atoms with Crippen LogP contribution in [0.5, 0.6) is 0 Å². The molecule has 1 aromatic carbocycles. The second kappa shape index (κ2) is 10.2. The fraction of sp³-hybridized carbons (Fsp3) is 0.636. The zero-order valence-electron chi connectivity index (χ0n) is 18.7. The summed E-state index contributed by atoms with van der Waals surface area (Å²) in [5.41, 5.74) is 3.98. The number of likely N-dealkylation sites (N-methyl/N-ethyl adjacent to an activating group) is 1. The van der Waals surface area contributed by atoms with Gasteiger partial charge in [0.15, 0.2) is 0 Å². The topological polar surface area (TPSA) is 73.9 Å². The van der Waals surface area contributed by atoms with Gasteiger partial charge in [-0.25, -0.2) is 0 Å². The first-order valence-electron chi connectivity index (χ1n) is 10.2. The van der Waals surface area contributed by atoms with Gasteiger partial charge in [-0.2, -0.15) is 0 Å². The van der Waals surface area contributed by atoms with Crippen LogP contribution in [0, 0.1) is 20.8 Å². The normalized spacial score (nSPS) is 15.4. The Morgan fingerprint density at radius 1 is 1.07 bits per heavy atom. The molecule has 0 saturated carbocycles. The minimum absolute atomic E-state index is 0.0793. The summed E-state index contributed by atoms with van der Waals surface area (Å²) in [7, 11) is 1.78. The van der Waals surface area contributed by atoms with Crippen molar-refractivity contribution in [2.24, 2.45) is 0 Å². The predicted molar refractivity (Wildman–Crippen MR) is 116 cm³/mol. The first-order valence-corrected chi connectivity index (χ1v) is 10.2. The minimum Gasteiger partial charge on any atom is -0.379 e. The fourth-order valence-electron chi connectivity index (χ4n) is 3.75. The lowest BCUT2D eigenvalue weighted by atomic mass is 10.0. The molecule has 7 heteroatoms. The molecule has 0 bridgehead atoms. The lowest BCUT2D eigenvalue weighted by Gasteiger charge is -2.40. The third kappa shape index (κ3) is 7.10. The summed E-state index contributed by atoms with van der Waals surface area (Å²) >= 11 is 0. The highest BCUT2D eigenvalue weighted by Crippen LogP contribution is 2.21. The Bertz CT molecular complexity index is 704. The van der Waals surface area contributed by atoms with Gasteiger partial charge in [-0.3, -0.25) is 19.4 Å². The zero-order chi connectivity index (χ0) is 21.6. The number of rotatable bonds is 8. The molecule has 1 aliphatic heterocycles. The molecule has 0 spiro atoms. The molecule has 2 rings (SSSR count). The number of carbonyl (C=O) groups is 2. The quantitative estimate of drug-likeness (QED) is 0.690. The van der Waals surface area contributed by atoms with Gasteiger partial charge in [-0.1, -0.05) is 17.7 Å². The van der Waals surface area contributed by atoms with E-state index in [1.807, 2.05) is 20.8 Å². The fourth-order valence-corrected chi connectivity index (χ4v) is 3.75. The van der Waals surface area contributed by atoms with Crippen molar-refractivity contribution in [3.05, 3.63) is 28.8 Å². The highest BCUT2D eigenvalue weighted by Gasteiger charge is 2.28. The minimum atomic E-state index is -0.129. The van der Waals surface area contributed by atoms with E-state index >= 15 is 0 Å². The molecule has 7 nitrogen and oxygen atoms in total. The zero-order valence-corrected chi connectivity index (χ0v) is 18.7. The number of morpholine rings is 1. The maximum atomic E-state index is 12.4. The smallest absolute Gasteiger partial charge is 0.238 e. The average molecular weight is 405 g/mol. The van der Waals surface area contributed by atoms with E-state index in [2.05, 4.69) is 41.5 Å². The number of aryl methyl sites for hydroxylation is 3. The maximum Gasteiger partial charge on any atom is 0.238 e. The average Bonchev–Trinajstić information content (AvgIpc) is 2.63. The number of benzene rings is 1. The van der Waals surface area contributed by atoms with E-state index in [-0.39, 0.29) is 30.4 Å². The van der Waals surface area contributed by atoms with Crippen molar-refractivity contribution < 1.29 is 14.3 Å². The molecule has 0 aliphatic carbocycles. The molecule has 29 heavy (non-hydrogen) atoms. The summed E-state index contributed by atoms with van der Waals surface area (Å²) < 4.78 is 5.40. The molecule has 0 unspecified atom stereocenters. The Labute approximate surface area is 174 Å². The summed E-state index contributed by atoms with van der Waals surface area (Å²) in [5, 5.41) is 5.98. The molecular weight excluding hydrogens is 368 g/mol. The maximum absolute atomic E-state index is 12.4. The van der Waals surface area contributed by atoms with Crippen LogP contribution in [0.2, 0.25) is 0 Å². The third-order valence-electron chi connectivity index (χ3n) is 5.35. The van der Waals surface area contributed by atoms with Crippen molar-refractivity contribution in [2.45, 2.75) is 40.2 Å². The van der Waals surface area contributed by atoms with Gasteiger partial charge >= 0.3 is 0 Å². The molecule has 0 atom stereocenters. The van der Waals surface area contributed by atoms with Gasteiger partial charge in [-0.15, -0.1) is 0 Å². The van der Waals surface area contributed by atoms with Crippen LogP contribution < -0.4 is 10.6 Å². The number of nitrogens with one attached hydrogen (secondary N) is 2. The van der Waals surface area contributed by atoms with E-state index in [9.17, 15) is 9.59 Å². The van der Waals surface area contributed by atoms with Crippen LogP contribution in [0.3, 0.4) is 0 Å².